The van der Waals surface area contributed by atoms with E-state index >= 15 is 0 Å². The lowest BCUT2D eigenvalue weighted by atomic mass is 10.2. The van der Waals surface area contributed by atoms with Gasteiger partial charge in [-0.05, 0) is 43.3 Å². The zero-order chi connectivity index (χ0) is 20.5. The van der Waals surface area contributed by atoms with E-state index < -0.39 is 27.7 Å². The van der Waals surface area contributed by atoms with Gasteiger partial charge in [0.25, 0.3) is 10.1 Å². The molecule has 11 heteroatoms. The van der Waals surface area contributed by atoms with Gasteiger partial charge in [-0.1, -0.05) is 17.7 Å². The predicted molar refractivity (Wildman–Crippen MR) is 97.4 cm³/mol. The van der Waals surface area contributed by atoms with Gasteiger partial charge in [0.2, 0.25) is 11.6 Å². The Morgan fingerprint density at radius 1 is 1.04 bits per heavy atom. The lowest BCUT2D eigenvalue weighted by molar-refractivity contribution is 0.0690. The molecule has 0 spiro atoms. The van der Waals surface area contributed by atoms with Crippen LogP contribution in [0.1, 0.15) is 16.1 Å². The number of benzene rings is 2. The van der Waals surface area contributed by atoms with Crippen molar-refractivity contribution in [3.05, 3.63) is 59.8 Å². The van der Waals surface area contributed by atoms with Crippen LogP contribution in [0.3, 0.4) is 0 Å². The summed E-state index contributed by atoms with van der Waals surface area (Å²) in [5.41, 5.74) is 0.726. The number of aryl methyl sites for hydroxylation is 1. The van der Waals surface area contributed by atoms with Crippen LogP contribution in [0.2, 0.25) is 0 Å². The van der Waals surface area contributed by atoms with Crippen LogP contribution < -0.4 is 0 Å². The Labute approximate surface area is 159 Å². The Bertz CT molecular complexity index is 1170. The third-order valence-electron chi connectivity index (χ3n) is 3.72. The van der Waals surface area contributed by atoms with E-state index in [1.54, 1.807) is 24.3 Å². The first-order chi connectivity index (χ1) is 13.2. The van der Waals surface area contributed by atoms with Crippen molar-refractivity contribution >= 4 is 27.5 Å². The van der Waals surface area contributed by atoms with Gasteiger partial charge in [-0.25, -0.2) is 4.79 Å². The largest absolute Gasteiger partial charge is 0.492 e. The van der Waals surface area contributed by atoms with Gasteiger partial charge in [-0.15, -0.1) is 5.11 Å². The highest BCUT2D eigenvalue weighted by Crippen LogP contribution is 2.34. The van der Waals surface area contributed by atoms with Gasteiger partial charge in [0.15, 0.2) is 5.69 Å². The standard InChI is InChI=1S/C17H14N4O6S/c1-10-2-4-11(5-3-10)18-19-14-15(17(23)24)20-21(16(14)22)12-6-8-13(9-7-12)28(25,26)27/h2-9,22H,1H3,(H,23,24)(H,25,26,27)/b19-18+. The average Bonchev–Trinajstić information content (AvgIpc) is 2.97. The average molecular weight is 402 g/mol. The van der Waals surface area contributed by atoms with Gasteiger partial charge in [-0.3, -0.25) is 4.55 Å². The molecule has 28 heavy (non-hydrogen) atoms. The van der Waals surface area contributed by atoms with Crippen LogP contribution in [0.4, 0.5) is 11.4 Å². The maximum Gasteiger partial charge on any atom is 0.358 e. The molecule has 0 unspecified atom stereocenters. The van der Waals surface area contributed by atoms with Crippen LogP contribution in [0.5, 0.6) is 5.88 Å². The Morgan fingerprint density at radius 3 is 2.18 bits per heavy atom. The van der Waals surface area contributed by atoms with E-state index in [2.05, 4.69) is 15.3 Å². The van der Waals surface area contributed by atoms with Crippen LogP contribution in [0.15, 0.2) is 63.7 Å². The van der Waals surface area contributed by atoms with Gasteiger partial charge in [-0.2, -0.15) is 23.3 Å². The topological polar surface area (TPSA) is 154 Å². The van der Waals surface area contributed by atoms with Crippen molar-refractivity contribution in [2.45, 2.75) is 11.8 Å². The van der Waals surface area contributed by atoms with Crippen molar-refractivity contribution in [3.8, 4) is 11.6 Å². The number of carboxylic acid groups (broad SMARTS) is 1. The third kappa shape index (κ3) is 3.89. The quantitative estimate of drug-likeness (QED) is 0.437. The van der Waals surface area contributed by atoms with Crippen molar-refractivity contribution in [2.24, 2.45) is 10.2 Å². The smallest absolute Gasteiger partial charge is 0.358 e. The molecule has 2 aromatic carbocycles. The summed E-state index contributed by atoms with van der Waals surface area (Å²) in [6, 6.07) is 11.6. The van der Waals surface area contributed by atoms with E-state index in [-0.39, 0.29) is 16.3 Å². The third-order valence-corrected chi connectivity index (χ3v) is 4.59. The van der Waals surface area contributed by atoms with Crippen LogP contribution in [-0.4, -0.2) is 38.9 Å². The van der Waals surface area contributed by atoms with E-state index in [4.69, 9.17) is 4.55 Å². The number of carbonyl (C=O) groups is 1. The molecule has 0 bridgehead atoms. The van der Waals surface area contributed by atoms with Gasteiger partial charge in [0.1, 0.15) is 0 Å². The number of carboxylic acids is 1. The van der Waals surface area contributed by atoms with Crippen LogP contribution in [0, 0.1) is 6.92 Å². The lowest BCUT2D eigenvalue weighted by Gasteiger charge is -2.03. The predicted octanol–water partition coefficient (Wildman–Crippen LogP) is 3.25. The second-order valence-corrected chi connectivity index (χ2v) is 7.16. The molecule has 0 aliphatic rings. The molecule has 0 saturated carbocycles. The number of hydrogen-bond donors (Lipinski definition) is 3. The van der Waals surface area contributed by atoms with E-state index in [1.807, 2.05) is 6.92 Å². The SMILES string of the molecule is Cc1ccc(/N=N/c2c(C(=O)O)nn(-c3ccc(S(=O)(=O)O)cc3)c2O)cc1. The molecule has 1 aromatic heterocycles. The fourth-order valence-electron chi connectivity index (χ4n) is 2.30. The van der Waals surface area contributed by atoms with E-state index in [0.29, 0.717) is 5.69 Å². The Morgan fingerprint density at radius 2 is 1.64 bits per heavy atom. The molecule has 10 nitrogen and oxygen atoms in total. The molecular weight excluding hydrogens is 388 g/mol. The Hall–Kier alpha value is -3.57. The first kappa shape index (κ1) is 19.2. The molecule has 3 N–H and O–H groups in total. The summed E-state index contributed by atoms with van der Waals surface area (Å²) in [6.07, 6.45) is 0. The summed E-state index contributed by atoms with van der Waals surface area (Å²) >= 11 is 0. The zero-order valence-corrected chi connectivity index (χ0v) is 15.2. The number of nitrogens with zero attached hydrogens (tertiary/aromatic N) is 4. The highest BCUT2D eigenvalue weighted by atomic mass is 32.2. The Kier molecular flexibility index (Phi) is 4.94. The molecule has 0 aliphatic carbocycles. The summed E-state index contributed by atoms with van der Waals surface area (Å²) in [5.74, 6) is -2.02. The molecule has 3 rings (SSSR count). The van der Waals surface area contributed by atoms with Gasteiger partial charge < -0.3 is 10.2 Å². The second kappa shape index (κ2) is 7.21. The van der Waals surface area contributed by atoms with Crippen LogP contribution in [-0.2, 0) is 10.1 Å². The van der Waals surface area contributed by atoms with E-state index in [0.717, 1.165) is 22.4 Å². The summed E-state index contributed by atoms with van der Waals surface area (Å²) in [4.78, 5) is 11.1. The van der Waals surface area contributed by atoms with E-state index in [9.17, 15) is 23.4 Å². The van der Waals surface area contributed by atoms with Gasteiger partial charge >= 0.3 is 5.97 Å². The summed E-state index contributed by atoms with van der Waals surface area (Å²) < 4.78 is 32.1. The molecule has 144 valence electrons. The van der Waals surface area contributed by atoms with Crippen molar-refractivity contribution in [2.75, 3.05) is 0 Å². The molecule has 0 amide bonds. The molecular formula is C17H14N4O6S. The summed E-state index contributed by atoms with van der Waals surface area (Å²) in [5, 5.41) is 31.2. The number of aromatic hydroxyl groups is 1. The maximum absolute atomic E-state index is 11.5. The zero-order valence-electron chi connectivity index (χ0n) is 14.4. The second-order valence-electron chi connectivity index (χ2n) is 5.74. The first-order valence-corrected chi connectivity index (χ1v) is 9.22. The maximum atomic E-state index is 11.5. The Balaban J connectivity index is 2.04. The number of aromatic carboxylic acids is 1. The molecule has 1 heterocycles. The first-order valence-electron chi connectivity index (χ1n) is 7.78. The van der Waals surface area contributed by atoms with Crippen molar-refractivity contribution in [1.29, 1.82) is 0 Å². The summed E-state index contributed by atoms with van der Waals surface area (Å²) in [6.45, 7) is 1.90. The lowest BCUT2D eigenvalue weighted by Crippen LogP contribution is -2.02. The monoisotopic (exact) mass is 402 g/mol. The minimum Gasteiger partial charge on any atom is -0.492 e. The normalized spacial score (nSPS) is 11.8. The number of aromatic nitrogens is 2. The van der Waals surface area contributed by atoms with E-state index in [1.165, 1.54) is 12.1 Å². The molecule has 0 radical (unpaired) electrons. The van der Waals surface area contributed by atoms with Gasteiger partial charge in [0.05, 0.1) is 16.3 Å². The number of azo groups is 1. The van der Waals surface area contributed by atoms with Crippen LogP contribution in [0.25, 0.3) is 5.69 Å². The number of rotatable bonds is 5. The fourth-order valence-corrected chi connectivity index (χ4v) is 2.78. The van der Waals surface area contributed by atoms with Crippen molar-refractivity contribution in [1.82, 2.24) is 9.78 Å². The van der Waals surface area contributed by atoms with Gasteiger partial charge in [0, 0.05) is 0 Å². The highest BCUT2D eigenvalue weighted by molar-refractivity contribution is 7.85. The fraction of sp³-hybridized carbons (Fsp3) is 0.0588. The summed E-state index contributed by atoms with van der Waals surface area (Å²) in [7, 11) is -4.39. The van der Waals surface area contributed by atoms with Crippen molar-refractivity contribution in [3.63, 3.8) is 0 Å². The van der Waals surface area contributed by atoms with Crippen LogP contribution >= 0.6 is 0 Å². The minimum absolute atomic E-state index is 0.157. The highest BCUT2D eigenvalue weighted by Gasteiger charge is 2.24. The molecule has 0 atom stereocenters. The minimum atomic E-state index is -4.39. The number of hydrogen-bond acceptors (Lipinski definition) is 7. The molecule has 0 fully saturated rings. The van der Waals surface area contributed by atoms with Crippen molar-refractivity contribution < 1.29 is 28.0 Å². The molecule has 0 aliphatic heterocycles. The molecule has 0 saturated heterocycles. The molecule has 3 aromatic rings.